The van der Waals surface area contributed by atoms with E-state index in [0.29, 0.717) is 15.8 Å². The lowest BCUT2D eigenvalue weighted by atomic mass is 10.1. The molecule has 1 saturated heterocycles. The molecule has 0 aliphatic carbocycles. The summed E-state index contributed by atoms with van der Waals surface area (Å²) in [6.45, 7) is 1.69. The van der Waals surface area contributed by atoms with Gasteiger partial charge in [-0.15, -0.1) is 0 Å². The van der Waals surface area contributed by atoms with E-state index in [1.165, 1.54) is 6.07 Å². The quantitative estimate of drug-likeness (QED) is 0.565. The molecule has 8 heteroatoms. The molecule has 7 nitrogen and oxygen atoms in total. The van der Waals surface area contributed by atoms with Crippen molar-refractivity contribution in [3.05, 3.63) is 22.2 Å². The Morgan fingerprint density at radius 3 is 2.62 bits per heavy atom. The number of anilines is 2. The molecule has 2 aliphatic rings. The van der Waals surface area contributed by atoms with Gasteiger partial charge in [0.05, 0.1) is 23.5 Å². The lowest BCUT2D eigenvalue weighted by Gasteiger charge is -2.34. The molecule has 0 saturated carbocycles. The first-order valence-corrected chi connectivity index (χ1v) is 6.97. The maximum Gasteiger partial charge on any atom is 0.296 e. The van der Waals surface area contributed by atoms with Gasteiger partial charge in [0, 0.05) is 4.47 Å². The molecule has 2 N–H and O–H groups in total. The van der Waals surface area contributed by atoms with Crippen LogP contribution in [0, 0.1) is 0 Å². The smallest absolute Gasteiger partial charge is 0.296 e. The monoisotopic (exact) mass is 351 g/mol. The number of carbonyl (C=O) groups is 4. The molecule has 2 aliphatic heterocycles. The second-order valence-corrected chi connectivity index (χ2v) is 5.70. The number of halogens is 1. The molecule has 0 radical (unpaired) electrons. The van der Waals surface area contributed by atoms with Gasteiger partial charge in [0.25, 0.3) is 11.7 Å². The van der Waals surface area contributed by atoms with E-state index in [2.05, 4.69) is 26.6 Å². The van der Waals surface area contributed by atoms with Crippen molar-refractivity contribution in [1.29, 1.82) is 0 Å². The van der Waals surface area contributed by atoms with E-state index in [0.717, 1.165) is 0 Å². The predicted octanol–water partition coefficient (Wildman–Crippen LogP) is 0.435. The van der Waals surface area contributed by atoms with Crippen molar-refractivity contribution in [3.8, 4) is 0 Å². The number of hydrogen-bond acceptors (Lipinski definition) is 5. The minimum atomic E-state index is -0.686. The Balaban J connectivity index is 2.06. The molecule has 3 amide bonds. The molecule has 1 aromatic carbocycles. The van der Waals surface area contributed by atoms with Gasteiger partial charge in [-0.2, -0.15) is 0 Å². The van der Waals surface area contributed by atoms with E-state index in [4.69, 9.17) is 0 Å². The summed E-state index contributed by atoms with van der Waals surface area (Å²) in [6, 6.07) is 2.57. The van der Waals surface area contributed by atoms with Gasteiger partial charge in [-0.25, -0.2) is 0 Å². The molecule has 0 bridgehead atoms. The average molecular weight is 352 g/mol. The van der Waals surface area contributed by atoms with E-state index in [1.54, 1.807) is 17.9 Å². The Morgan fingerprint density at radius 2 is 1.90 bits per heavy atom. The zero-order valence-electron chi connectivity index (χ0n) is 10.9. The van der Waals surface area contributed by atoms with Crippen LogP contribution in [0.1, 0.15) is 17.3 Å². The minimum Gasteiger partial charge on any atom is -0.349 e. The van der Waals surface area contributed by atoms with Gasteiger partial charge in [0.2, 0.25) is 11.8 Å². The van der Waals surface area contributed by atoms with Gasteiger partial charge < -0.3 is 10.2 Å². The van der Waals surface area contributed by atoms with Crippen LogP contribution in [0.25, 0.3) is 0 Å². The van der Waals surface area contributed by atoms with Gasteiger partial charge in [0.15, 0.2) is 0 Å². The zero-order valence-corrected chi connectivity index (χ0v) is 12.5. The molecule has 108 valence electrons. The van der Waals surface area contributed by atoms with Crippen LogP contribution < -0.4 is 15.5 Å². The molecule has 0 aromatic heterocycles. The third-order valence-electron chi connectivity index (χ3n) is 3.52. The van der Waals surface area contributed by atoms with Crippen molar-refractivity contribution >= 4 is 50.8 Å². The molecule has 1 atom stereocenters. The third kappa shape index (κ3) is 2.11. The van der Waals surface area contributed by atoms with Crippen LogP contribution in [0.5, 0.6) is 0 Å². The standard InChI is InChI=1S/C13H10BrN3O4/c1-5-12(20)16-10(18)4-17(5)9-3-8-6(2-7(9)14)11(19)13(21)15-8/h2-3,5H,4H2,1H3,(H,15,19,21)(H,16,18,20). The summed E-state index contributed by atoms with van der Waals surface area (Å²) in [4.78, 5) is 47.9. The Hall–Kier alpha value is -2.22. The van der Waals surface area contributed by atoms with Gasteiger partial charge in [-0.3, -0.25) is 24.5 Å². The molecule has 2 heterocycles. The van der Waals surface area contributed by atoms with Crippen LogP contribution in [-0.4, -0.2) is 36.1 Å². The molecule has 1 fully saturated rings. The van der Waals surface area contributed by atoms with Crippen LogP contribution in [0.2, 0.25) is 0 Å². The maximum atomic E-state index is 11.7. The second-order valence-electron chi connectivity index (χ2n) is 4.85. The van der Waals surface area contributed by atoms with Gasteiger partial charge in [0.1, 0.15) is 6.04 Å². The maximum absolute atomic E-state index is 11.7. The van der Waals surface area contributed by atoms with Crippen LogP contribution in [-0.2, 0) is 14.4 Å². The number of rotatable bonds is 1. The molecule has 1 aromatic rings. The SMILES string of the molecule is CC1C(=O)NC(=O)CN1c1cc2c(cc1Br)C(=O)C(=O)N2. The number of piperazine rings is 1. The van der Waals surface area contributed by atoms with E-state index in [1.807, 2.05) is 0 Å². The van der Waals surface area contributed by atoms with Crippen LogP contribution in [0.15, 0.2) is 16.6 Å². The molecular weight excluding hydrogens is 342 g/mol. The first kappa shape index (κ1) is 13.7. The fraction of sp³-hybridized carbons (Fsp3) is 0.231. The number of nitrogens with one attached hydrogen (secondary N) is 2. The highest BCUT2D eigenvalue weighted by Crippen LogP contribution is 2.36. The van der Waals surface area contributed by atoms with Crippen LogP contribution >= 0.6 is 15.9 Å². The topological polar surface area (TPSA) is 95.6 Å². The minimum absolute atomic E-state index is 0.0200. The number of nitrogens with zero attached hydrogens (tertiary/aromatic N) is 1. The number of carbonyl (C=O) groups excluding carboxylic acids is 4. The Bertz CT molecular complexity index is 716. The van der Waals surface area contributed by atoms with Gasteiger partial charge in [-0.05, 0) is 35.0 Å². The van der Waals surface area contributed by atoms with Crippen molar-refractivity contribution in [2.45, 2.75) is 13.0 Å². The highest BCUT2D eigenvalue weighted by Gasteiger charge is 2.34. The normalized spacial score (nSPS) is 21.2. The number of benzene rings is 1. The Kier molecular flexibility index (Phi) is 3.05. The molecule has 21 heavy (non-hydrogen) atoms. The van der Waals surface area contributed by atoms with E-state index in [9.17, 15) is 19.2 Å². The number of amides is 3. The Morgan fingerprint density at radius 1 is 1.19 bits per heavy atom. The molecule has 1 unspecified atom stereocenters. The fourth-order valence-corrected chi connectivity index (χ4v) is 2.95. The molecule has 0 spiro atoms. The second kappa shape index (κ2) is 4.66. The summed E-state index contributed by atoms with van der Waals surface area (Å²) in [5.74, 6) is -2.07. The lowest BCUT2D eigenvalue weighted by molar-refractivity contribution is -0.132. The Labute approximate surface area is 127 Å². The highest BCUT2D eigenvalue weighted by molar-refractivity contribution is 9.10. The largest absolute Gasteiger partial charge is 0.349 e. The summed E-state index contributed by atoms with van der Waals surface area (Å²) >= 11 is 3.32. The summed E-state index contributed by atoms with van der Waals surface area (Å²) in [5.41, 5.74) is 1.23. The van der Waals surface area contributed by atoms with Crippen molar-refractivity contribution < 1.29 is 19.2 Å². The number of ketones is 1. The fourth-order valence-electron chi connectivity index (χ4n) is 2.38. The zero-order chi connectivity index (χ0) is 15.3. The number of Topliss-reactive ketones (excluding diaryl/α,β-unsaturated/α-hetero) is 1. The van der Waals surface area contributed by atoms with Crippen molar-refractivity contribution in [2.75, 3.05) is 16.8 Å². The first-order chi connectivity index (χ1) is 9.88. The van der Waals surface area contributed by atoms with Gasteiger partial charge in [-0.1, -0.05) is 0 Å². The average Bonchev–Trinajstić information content (AvgIpc) is 2.69. The molecule has 3 rings (SSSR count). The van der Waals surface area contributed by atoms with Crippen LogP contribution in [0.4, 0.5) is 11.4 Å². The highest BCUT2D eigenvalue weighted by atomic mass is 79.9. The van der Waals surface area contributed by atoms with E-state index >= 15 is 0 Å². The first-order valence-electron chi connectivity index (χ1n) is 6.18. The van der Waals surface area contributed by atoms with Gasteiger partial charge >= 0.3 is 0 Å². The summed E-state index contributed by atoms with van der Waals surface area (Å²) < 4.78 is 0.542. The summed E-state index contributed by atoms with van der Waals surface area (Å²) in [6.07, 6.45) is 0. The van der Waals surface area contributed by atoms with Crippen molar-refractivity contribution in [3.63, 3.8) is 0 Å². The number of imide groups is 1. The van der Waals surface area contributed by atoms with Crippen LogP contribution in [0.3, 0.4) is 0 Å². The summed E-state index contributed by atoms with van der Waals surface area (Å²) in [5, 5.41) is 4.73. The number of hydrogen-bond donors (Lipinski definition) is 2. The predicted molar refractivity (Wildman–Crippen MR) is 77.1 cm³/mol. The molecular formula is C13H10BrN3O4. The number of fused-ring (bicyclic) bond motifs is 1. The van der Waals surface area contributed by atoms with E-state index in [-0.39, 0.29) is 12.1 Å². The lowest BCUT2D eigenvalue weighted by Crippen LogP contribution is -2.57. The van der Waals surface area contributed by atoms with Crippen molar-refractivity contribution in [1.82, 2.24) is 5.32 Å². The summed E-state index contributed by atoms with van der Waals surface area (Å²) in [7, 11) is 0. The third-order valence-corrected chi connectivity index (χ3v) is 4.15. The van der Waals surface area contributed by atoms with Crippen molar-refractivity contribution in [2.24, 2.45) is 0 Å². The van der Waals surface area contributed by atoms with E-state index < -0.39 is 29.5 Å².